The van der Waals surface area contributed by atoms with Crippen LogP contribution in [0.15, 0.2) is 23.6 Å². The molecule has 2 aromatic heterocycles. The van der Waals surface area contributed by atoms with Crippen LogP contribution in [0.1, 0.15) is 26.6 Å². The zero-order valence-corrected chi connectivity index (χ0v) is 13.5. The maximum Gasteiger partial charge on any atom is 0.178 e. The summed E-state index contributed by atoms with van der Waals surface area (Å²) < 4.78 is 2.07. The van der Waals surface area contributed by atoms with Crippen molar-refractivity contribution in [1.82, 2.24) is 9.47 Å². The number of Topliss-reactive ketones (excluding diaryl/α,β-unsaturated/α-hetero) is 1. The van der Waals surface area contributed by atoms with Gasteiger partial charge in [-0.05, 0) is 44.8 Å². The molecule has 0 aliphatic heterocycles. The van der Waals surface area contributed by atoms with Gasteiger partial charge in [-0.2, -0.15) is 0 Å². The third-order valence-corrected chi connectivity index (χ3v) is 4.75. The lowest BCUT2D eigenvalue weighted by molar-refractivity contribution is 0.0946. The minimum atomic E-state index is 0.208. The summed E-state index contributed by atoms with van der Waals surface area (Å²) in [5.74, 6) is 0.208. The van der Waals surface area contributed by atoms with Gasteiger partial charge in [0.25, 0.3) is 0 Å². The van der Waals surface area contributed by atoms with Crippen LogP contribution in [0.4, 0.5) is 0 Å². The highest BCUT2D eigenvalue weighted by molar-refractivity contribution is 7.09. The number of aryl methyl sites for hydroxylation is 1. The molecule has 0 N–H and O–H groups in total. The Kier molecular flexibility index (Phi) is 4.78. The van der Waals surface area contributed by atoms with Crippen LogP contribution in [0.25, 0.3) is 0 Å². The summed E-state index contributed by atoms with van der Waals surface area (Å²) in [4.78, 5) is 15.8. The number of ketones is 1. The van der Waals surface area contributed by atoms with Crippen molar-refractivity contribution in [2.24, 2.45) is 7.05 Å². The molecule has 0 unspecified atom stereocenters. The summed E-state index contributed by atoms with van der Waals surface area (Å²) >= 11 is 1.77. The Morgan fingerprint density at radius 1 is 1.40 bits per heavy atom. The van der Waals surface area contributed by atoms with Gasteiger partial charge in [0.2, 0.25) is 0 Å². The van der Waals surface area contributed by atoms with E-state index in [4.69, 9.17) is 0 Å². The summed E-state index contributed by atoms with van der Waals surface area (Å²) in [6.45, 7) is 5.43. The van der Waals surface area contributed by atoms with Gasteiger partial charge in [-0.25, -0.2) is 0 Å². The fraction of sp³-hybridized carbons (Fsp3) is 0.438. The first-order valence-corrected chi connectivity index (χ1v) is 7.74. The Hall–Kier alpha value is -1.39. The highest BCUT2D eigenvalue weighted by Gasteiger charge is 2.15. The number of carbonyl (C=O) groups excluding carboxylic acids is 1. The summed E-state index contributed by atoms with van der Waals surface area (Å²) in [6.07, 6.45) is 1.01. The van der Waals surface area contributed by atoms with Gasteiger partial charge < -0.3 is 4.57 Å². The molecule has 0 saturated heterocycles. The number of hydrogen-bond donors (Lipinski definition) is 0. The molecule has 0 saturated carbocycles. The molecule has 20 heavy (non-hydrogen) atoms. The maximum atomic E-state index is 12.4. The first-order chi connectivity index (χ1) is 9.49. The average Bonchev–Trinajstić information content (AvgIpc) is 3.01. The van der Waals surface area contributed by atoms with Crippen LogP contribution in [-0.4, -0.2) is 35.4 Å². The Bertz CT molecular complexity index is 584. The summed E-state index contributed by atoms with van der Waals surface area (Å²) in [7, 11) is 4.01. The van der Waals surface area contributed by atoms with Crippen LogP contribution >= 0.6 is 11.3 Å². The lowest BCUT2D eigenvalue weighted by Crippen LogP contribution is -2.28. The average molecular weight is 290 g/mol. The lowest BCUT2D eigenvalue weighted by atomic mass is 10.1. The van der Waals surface area contributed by atoms with E-state index in [1.807, 2.05) is 34.0 Å². The van der Waals surface area contributed by atoms with E-state index in [2.05, 4.69) is 27.0 Å². The van der Waals surface area contributed by atoms with E-state index in [-0.39, 0.29) is 5.78 Å². The van der Waals surface area contributed by atoms with Crippen LogP contribution < -0.4 is 0 Å². The van der Waals surface area contributed by atoms with Crippen LogP contribution in [0.5, 0.6) is 0 Å². The zero-order chi connectivity index (χ0) is 14.7. The number of carbonyl (C=O) groups is 1. The van der Waals surface area contributed by atoms with E-state index in [0.717, 1.165) is 29.9 Å². The molecule has 3 nitrogen and oxygen atoms in total. The fourth-order valence-electron chi connectivity index (χ4n) is 2.30. The van der Waals surface area contributed by atoms with Crippen molar-refractivity contribution >= 4 is 17.1 Å². The molecule has 0 aliphatic carbocycles. The van der Waals surface area contributed by atoms with Crippen molar-refractivity contribution in [1.29, 1.82) is 0 Å². The van der Waals surface area contributed by atoms with E-state index in [1.165, 1.54) is 4.88 Å². The Balaban J connectivity index is 1.92. The molecule has 2 rings (SSSR count). The molecule has 2 heterocycles. The molecule has 0 fully saturated rings. The highest BCUT2D eigenvalue weighted by atomic mass is 32.1. The van der Waals surface area contributed by atoms with Crippen molar-refractivity contribution in [3.05, 3.63) is 45.4 Å². The molecular formula is C16H22N2OS. The SMILES string of the molecule is Cc1cc(C(=O)CN(C)CCc2cccs2)c(C)n1C. The predicted octanol–water partition coefficient (Wildman–Crippen LogP) is 3.06. The third-order valence-electron chi connectivity index (χ3n) is 3.81. The quantitative estimate of drug-likeness (QED) is 0.764. The first kappa shape index (κ1) is 15.0. The minimum Gasteiger partial charge on any atom is -0.351 e. The predicted molar refractivity (Wildman–Crippen MR) is 84.7 cm³/mol. The lowest BCUT2D eigenvalue weighted by Gasteiger charge is -2.15. The summed E-state index contributed by atoms with van der Waals surface area (Å²) in [6, 6.07) is 6.21. The number of rotatable bonds is 6. The molecule has 0 atom stereocenters. The van der Waals surface area contributed by atoms with Gasteiger partial charge in [0.1, 0.15) is 0 Å². The Labute approximate surface area is 124 Å². The van der Waals surface area contributed by atoms with Crippen molar-refractivity contribution in [3.63, 3.8) is 0 Å². The van der Waals surface area contributed by atoms with E-state index in [1.54, 1.807) is 11.3 Å². The second kappa shape index (κ2) is 6.37. The van der Waals surface area contributed by atoms with Crippen molar-refractivity contribution in [3.8, 4) is 0 Å². The Morgan fingerprint density at radius 2 is 2.15 bits per heavy atom. The maximum absolute atomic E-state index is 12.4. The number of likely N-dealkylation sites (N-methyl/N-ethyl adjacent to an activating group) is 1. The molecule has 4 heteroatoms. The van der Waals surface area contributed by atoms with E-state index >= 15 is 0 Å². The monoisotopic (exact) mass is 290 g/mol. The molecule has 0 amide bonds. The van der Waals surface area contributed by atoms with E-state index in [0.29, 0.717) is 6.54 Å². The van der Waals surface area contributed by atoms with Crippen molar-refractivity contribution in [2.75, 3.05) is 20.1 Å². The van der Waals surface area contributed by atoms with Crippen LogP contribution in [0.3, 0.4) is 0 Å². The number of thiophene rings is 1. The molecule has 108 valence electrons. The van der Waals surface area contributed by atoms with Gasteiger partial charge in [0.05, 0.1) is 6.54 Å². The van der Waals surface area contributed by atoms with E-state index < -0.39 is 0 Å². The van der Waals surface area contributed by atoms with Gasteiger partial charge in [0.15, 0.2) is 5.78 Å². The van der Waals surface area contributed by atoms with Gasteiger partial charge in [-0.15, -0.1) is 11.3 Å². The zero-order valence-electron chi connectivity index (χ0n) is 12.6. The minimum absolute atomic E-state index is 0.208. The normalized spacial score (nSPS) is 11.2. The van der Waals surface area contributed by atoms with Gasteiger partial charge in [-0.1, -0.05) is 6.07 Å². The number of aromatic nitrogens is 1. The van der Waals surface area contributed by atoms with Gasteiger partial charge in [-0.3, -0.25) is 9.69 Å². The molecule has 0 radical (unpaired) electrons. The van der Waals surface area contributed by atoms with E-state index in [9.17, 15) is 4.79 Å². The van der Waals surface area contributed by atoms with Gasteiger partial charge >= 0.3 is 0 Å². The second-order valence-corrected chi connectivity index (χ2v) is 6.37. The van der Waals surface area contributed by atoms with Gasteiger partial charge in [0, 0.05) is 35.4 Å². The second-order valence-electron chi connectivity index (χ2n) is 5.33. The van der Waals surface area contributed by atoms with Crippen molar-refractivity contribution in [2.45, 2.75) is 20.3 Å². The summed E-state index contributed by atoms with van der Waals surface area (Å²) in [5.41, 5.74) is 3.04. The highest BCUT2D eigenvalue weighted by Crippen LogP contribution is 2.14. The number of nitrogens with zero attached hydrogens (tertiary/aromatic N) is 2. The largest absolute Gasteiger partial charge is 0.351 e. The van der Waals surface area contributed by atoms with Crippen LogP contribution in [0.2, 0.25) is 0 Å². The molecule has 0 spiro atoms. The number of hydrogen-bond acceptors (Lipinski definition) is 3. The molecule has 0 aromatic carbocycles. The fourth-order valence-corrected chi connectivity index (χ4v) is 3.00. The van der Waals surface area contributed by atoms with Crippen molar-refractivity contribution < 1.29 is 4.79 Å². The molecule has 0 aliphatic rings. The molecule has 2 aromatic rings. The van der Waals surface area contributed by atoms with Crippen LogP contribution in [0, 0.1) is 13.8 Å². The summed E-state index contributed by atoms with van der Waals surface area (Å²) in [5, 5.41) is 2.09. The molecular weight excluding hydrogens is 268 g/mol. The Morgan fingerprint density at radius 3 is 2.70 bits per heavy atom. The first-order valence-electron chi connectivity index (χ1n) is 6.86. The molecule has 0 bridgehead atoms. The third kappa shape index (κ3) is 3.38. The standard InChI is InChI=1S/C16H22N2OS/c1-12-10-15(13(2)18(12)4)16(19)11-17(3)8-7-14-6-5-9-20-14/h5-6,9-10H,7-8,11H2,1-4H3. The van der Waals surface area contributed by atoms with Crippen LogP contribution in [-0.2, 0) is 13.5 Å². The topological polar surface area (TPSA) is 25.2 Å². The smallest absolute Gasteiger partial charge is 0.178 e.